The molecule has 1 heterocycles. The summed E-state index contributed by atoms with van der Waals surface area (Å²) < 4.78 is 6.19. The number of para-hydroxylation sites is 1. The van der Waals surface area contributed by atoms with Crippen molar-refractivity contribution in [3.63, 3.8) is 0 Å². The van der Waals surface area contributed by atoms with Crippen molar-refractivity contribution in [2.24, 2.45) is 40.9 Å². The van der Waals surface area contributed by atoms with Crippen LogP contribution in [0.3, 0.4) is 0 Å². The highest BCUT2D eigenvalue weighted by atomic mass is 16.7. The Bertz CT molecular complexity index is 1930. The second-order valence-corrected chi connectivity index (χ2v) is 18.9. The lowest BCUT2D eigenvalue weighted by Crippen LogP contribution is -2.62. The number of nitrogens with one attached hydrogen (secondary N) is 1. The summed E-state index contributed by atoms with van der Waals surface area (Å²) in [6.07, 6.45) is 2.45. The van der Waals surface area contributed by atoms with Crippen molar-refractivity contribution in [3.8, 4) is 16.9 Å². The molecule has 1 amide bonds. The first kappa shape index (κ1) is 42.3. The summed E-state index contributed by atoms with van der Waals surface area (Å²) in [4.78, 5) is 39.9. The van der Waals surface area contributed by atoms with Gasteiger partial charge in [0.25, 0.3) is 0 Å². The number of Topliss-reactive ketones (excluding diaryl/α,β-unsaturated/α-hetero) is 1. The molecule has 10 nitrogen and oxygen atoms in total. The van der Waals surface area contributed by atoms with Gasteiger partial charge in [-0.1, -0.05) is 69.3 Å². The highest BCUT2D eigenvalue weighted by Gasteiger charge is 2.57. The second-order valence-electron chi connectivity index (χ2n) is 18.9. The highest BCUT2D eigenvalue weighted by molar-refractivity contribution is 6.01. The maximum atomic E-state index is 14.9. The van der Waals surface area contributed by atoms with E-state index in [1.54, 1.807) is 19.1 Å². The summed E-state index contributed by atoms with van der Waals surface area (Å²) in [6, 6.07) is 21.7. The van der Waals surface area contributed by atoms with Gasteiger partial charge < -0.3 is 30.1 Å². The molecular weight excluding hydrogens is 729 g/mol. The SMILES string of the molecule is COc1c(CN2O[C@@H](CO)[C@@H]([C@H](C)O)[C@H]2C(=O)N[C@H]2C[C@H]3C[C@@H]([C@@H]2C)C3(C)C)cccc1-c1cc(C(=O)C2[C@H](CN(C)C)CC[C@@H]2c2ccccc2)cc(N(C)C)c1. The van der Waals surface area contributed by atoms with E-state index in [2.05, 4.69) is 75.4 Å². The van der Waals surface area contributed by atoms with Crippen molar-refractivity contribution in [2.45, 2.75) is 90.1 Å². The van der Waals surface area contributed by atoms with Gasteiger partial charge in [0, 0.05) is 60.9 Å². The van der Waals surface area contributed by atoms with E-state index in [0.29, 0.717) is 29.1 Å². The molecule has 0 radical (unpaired) electrons. The quantitative estimate of drug-likeness (QED) is 0.155. The summed E-state index contributed by atoms with van der Waals surface area (Å²) in [5.41, 5.74) is 5.53. The molecule has 2 bridgehead atoms. The van der Waals surface area contributed by atoms with E-state index in [0.717, 1.165) is 48.2 Å². The minimum atomic E-state index is -0.898. The largest absolute Gasteiger partial charge is 0.496 e. The molecule has 0 spiro atoms. The number of ether oxygens (including phenoxy) is 1. The van der Waals surface area contributed by atoms with Gasteiger partial charge in [-0.3, -0.25) is 14.4 Å². The Kier molecular flexibility index (Phi) is 12.4. The third-order valence-corrected chi connectivity index (χ3v) is 14.6. The van der Waals surface area contributed by atoms with Gasteiger partial charge in [-0.05, 0) is 111 Å². The lowest BCUT2D eigenvalue weighted by Gasteiger charge is -2.62. The van der Waals surface area contributed by atoms with Gasteiger partial charge in [-0.25, -0.2) is 0 Å². The first-order chi connectivity index (χ1) is 27.6. The number of amides is 1. The van der Waals surface area contributed by atoms with E-state index in [1.165, 1.54) is 12.0 Å². The molecule has 11 atom stereocenters. The molecule has 1 unspecified atom stereocenters. The number of anilines is 1. The van der Waals surface area contributed by atoms with Crippen LogP contribution in [0.15, 0.2) is 66.7 Å². The molecule has 1 saturated heterocycles. The Morgan fingerprint density at radius 3 is 2.38 bits per heavy atom. The predicted octanol–water partition coefficient (Wildman–Crippen LogP) is 6.64. The Labute approximate surface area is 345 Å². The number of hydrogen-bond donors (Lipinski definition) is 3. The molecular formula is C48H66N4O6. The van der Waals surface area contributed by atoms with E-state index >= 15 is 0 Å². The number of hydroxylamine groups is 2. The van der Waals surface area contributed by atoms with E-state index in [4.69, 9.17) is 9.57 Å². The van der Waals surface area contributed by atoms with Gasteiger partial charge in [0.2, 0.25) is 5.91 Å². The average Bonchev–Trinajstić information content (AvgIpc) is 3.79. The summed E-state index contributed by atoms with van der Waals surface area (Å²) in [6.45, 7) is 9.29. The summed E-state index contributed by atoms with van der Waals surface area (Å²) in [7, 11) is 9.78. The number of carbonyl (C=O) groups is 2. The average molecular weight is 795 g/mol. The van der Waals surface area contributed by atoms with Crippen molar-refractivity contribution in [1.82, 2.24) is 15.3 Å². The van der Waals surface area contributed by atoms with Crippen molar-refractivity contribution >= 4 is 17.4 Å². The normalized spacial score (nSPS) is 30.8. The Hall–Kier alpha value is -3.80. The van der Waals surface area contributed by atoms with Gasteiger partial charge in [0.1, 0.15) is 17.9 Å². The zero-order valence-corrected chi connectivity index (χ0v) is 36.0. The molecule has 4 saturated carbocycles. The van der Waals surface area contributed by atoms with Crippen LogP contribution in [0.5, 0.6) is 5.75 Å². The molecule has 58 heavy (non-hydrogen) atoms. The summed E-state index contributed by atoms with van der Waals surface area (Å²) >= 11 is 0. The van der Waals surface area contributed by atoms with Crippen LogP contribution in [-0.4, -0.2) is 105 Å². The maximum absolute atomic E-state index is 14.9. The fourth-order valence-corrected chi connectivity index (χ4v) is 11.4. The first-order valence-corrected chi connectivity index (χ1v) is 21.4. The summed E-state index contributed by atoms with van der Waals surface area (Å²) in [5, 5.41) is 26.5. The Morgan fingerprint density at radius 1 is 1.02 bits per heavy atom. The first-order valence-electron chi connectivity index (χ1n) is 21.4. The van der Waals surface area contributed by atoms with Crippen molar-refractivity contribution in [3.05, 3.63) is 83.4 Å². The number of fused-ring (bicyclic) bond motifs is 2. The van der Waals surface area contributed by atoms with E-state index in [-0.39, 0.29) is 54.1 Å². The third kappa shape index (κ3) is 7.95. The van der Waals surface area contributed by atoms with E-state index in [9.17, 15) is 19.8 Å². The van der Waals surface area contributed by atoms with Gasteiger partial charge in [0.15, 0.2) is 5.78 Å². The van der Waals surface area contributed by atoms with Crippen LogP contribution in [0.25, 0.3) is 11.1 Å². The van der Waals surface area contributed by atoms with Crippen LogP contribution in [-0.2, 0) is 16.2 Å². The molecule has 314 valence electrons. The van der Waals surface area contributed by atoms with Crippen molar-refractivity contribution in [1.29, 1.82) is 0 Å². The van der Waals surface area contributed by atoms with E-state index in [1.807, 2.05) is 55.4 Å². The van der Waals surface area contributed by atoms with Gasteiger partial charge in [0.05, 0.1) is 26.4 Å². The predicted molar refractivity (Wildman–Crippen MR) is 229 cm³/mol. The van der Waals surface area contributed by atoms with E-state index < -0.39 is 24.2 Å². The molecule has 0 aromatic heterocycles. The lowest BCUT2D eigenvalue weighted by atomic mass is 9.45. The van der Waals surface area contributed by atoms with Crippen LogP contribution >= 0.6 is 0 Å². The Morgan fingerprint density at radius 2 is 1.76 bits per heavy atom. The molecule has 5 fully saturated rings. The summed E-state index contributed by atoms with van der Waals surface area (Å²) in [5.74, 6) is 1.61. The van der Waals surface area contributed by atoms with Gasteiger partial charge in [-0.15, -0.1) is 0 Å². The number of aliphatic hydroxyl groups is 2. The molecule has 3 N–H and O–H groups in total. The van der Waals surface area contributed by atoms with Crippen LogP contribution in [0, 0.1) is 40.9 Å². The van der Waals surface area contributed by atoms with Crippen LogP contribution < -0.4 is 15.0 Å². The molecule has 8 rings (SSSR count). The minimum absolute atomic E-state index is 0.0399. The molecule has 3 aromatic rings. The van der Waals surface area contributed by atoms with Crippen molar-refractivity contribution in [2.75, 3.05) is 53.4 Å². The number of hydrogen-bond acceptors (Lipinski definition) is 9. The monoisotopic (exact) mass is 794 g/mol. The fraction of sp³-hybridized carbons (Fsp3) is 0.583. The number of benzene rings is 3. The number of nitrogens with zero attached hydrogens (tertiary/aromatic N) is 3. The van der Waals surface area contributed by atoms with Gasteiger partial charge >= 0.3 is 0 Å². The van der Waals surface area contributed by atoms with Gasteiger partial charge in [-0.2, -0.15) is 5.06 Å². The molecule has 10 heteroatoms. The number of methoxy groups -OCH3 is 1. The number of aliphatic hydroxyl groups excluding tert-OH is 2. The highest BCUT2D eigenvalue weighted by Crippen LogP contribution is 2.61. The number of ketones is 1. The van der Waals surface area contributed by atoms with Crippen LogP contribution in [0.1, 0.15) is 80.8 Å². The molecule has 5 aliphatic rings. The minimum Gasteiger partial charge on any atom is -0.496 e. The fourth-order valence-electron chi connectivity index (χ4n) is 11.4. The molecule has 4 aliphatic carbocycles. The van der Waals surface area contributed by atoms with Crippen LogP contribution in [0.2, 0.25) is 0 Å². The number of rotatable bonds is 14. The Balaban J connectivity index is 1.21. The topological polar surface area (TPSA) is 115 Å². The number of carbonyl (C=O) groups excluding carboxylic acids is 2. The maximum Gasteiger partial charge on any atom is 0.240 e. The second kappa shape index (κ2) is 17.1. The molecule has 3 aromatic carbocycles. The van der Waals surface area contributed by atoms with Crippen molar-refractivity contribution < 1.29 is 29.4 Å². The third-order valence-electron chi connectivity index (χ3n) is 14.6. The standard InChI is InChI=1S/C48H66N4O6/c1-28-39-23-35(48(39,3)4)24-40(28)49-47(56)44-42(29(2)54)41(27-53)58-52(44)26-32-16-13-17-38(46(32)57-9)33-20-34(22-36(21-33)51(7)8)45(55)43-31(25-50(5)6)18-19-37(43)30-14-11-10-12-15-30/h10-17,20-22,28-29,31,35,37,39-44,53-54H,18-19,23-27H2,1-9H3,(H,49,56)/t28-,29-,31-,35+,37+,39-,40-,41-,42+,43?,44-/m0/s1. The lowest BCUT2D eigenvalue weighted by molar-refractivity contribution is -0.183. The zero-order valence-electron chi connectivity index (χ0n) is 36.0. The zero-order chi connectivity index (χ0) is 41.6. The van der Waals surface area contributed by atoms with Crippen LogP contribution in [0.4, 0.5) is 5.69 Å². The molecule has 1 aliphatic heterocycles. The smallest absolute Gasteiger partial charge is 0.240 e.